The van der Waals surface area contributed by atoms with Crippen LogP contribution in [0.15, 0.2) is 27.8 Å². The SMILES string of the molecule is CCNC(=NCCN1CCOCC1)NCCc1ccco1. The normalized spacial score (nSPS) is 16.9. The van der Waals surface area contributed by atoms with Crippen LogP contribution in [0.5, 0.6) is 0 Å². The summed E-state index contributed by atoms with van der Waals surface area (Å²) in [5, 5.41) is 6.60. The van der Waals surface area contributed by atoms with E-state index >= 15 is 0 Å². The van der Waals surface area contributed by atoms with Gasteiger partial charge in [-0.05, 0) is 19.1 Å². The van der Waals surface area contributed by atoms with Gasteiger partial charge in [-0.3, -0.25) is 9.89 Å². The third kappa shape index (κ3) is 6.18. The Kier molecular flexibility index (Phi) is 7.11. The average molecular weight is 294 g/mol. The van der Waals surface area contributed by atoms with Crippen molar-refractivity contribution in [3.8, 4) is 0 Å². The molecule has 0 unspecified atom stereocenters. The minimum absolute atomic E-state index is 0.802. The standard InChI is InChI=1S/C15H26N4O2/c1-2-16-15(17-6-5-14-4-3-11-21-14)18-7-8-19-9-12-20-13-10-19/h3-4,11H,2,5-10,12-13H2,1H3,(H2,16,17,18). The van der Waals surface area contributed by atoms with Crippen LogP contribution in [0.3, 0.4) is 0 Å². The molecule has 0 radical (unpaired) electrons. The Hall–Kier alpha value is -1.53. The second-order valence-corrected chi connectivity index (χ2v) is 4.97. The first kappa shape index (κ1) is 15.9. The van der Waals surface area contributed by atoms with Crippen molar-refractivity contribution in [3.05, 3.63) is 24.2 Å². The summed E-state index contributed by atoms with van der Waals surface area (Å²) in [5.41, 5.74) is 0. The van der Waals surface area contributed by atoms with Crippen LogP contribution in [0.2, 0.25) is 0 Å². The summed E-state index contributed by atoms with van der Waals surface area (Å²) in [4.78, 5) is 7.00. The van der Waals surface area contributed by atoms with Crippen molar-refractivity contribution in [2.24, 2.45) is 4.99 Å². The molecule has 118 valence electrons. The number of guanidine groups is 1. The maximum absolute atomic E-state index is 5.34. The van der Waals surface area contributed by atoms with Crippen LogP contribution in [-0.4, -0.2) is 63.3 Å². The molecule has 0 bridgehead atoms. The third-order valence-electron chi connectivity index (χ3n) is 3.38. The van der Waals surface area contributed by atoms with Gasteiger partial charge in [-0.25, -0.2) is 0 Å². The fourth-order valence-electron chi connectivity index (χ4n) is 2.23. The molecule has 0 aromatic carbocycles. The Labute approximate surface area is 126 Å². The predicted molar refractivity (Wildman–Crippen MR) is 83.7 cm³/mol. The molecular weight excluding hydrogens is 268 g/mol. The van der Waals surface area contributed by atoms with Gasteiger partial charge < -0.3 is 19.8 Å². The molecule has 0 spiro atoms. The first-order valence-corrected chi connectivity index (χ1v) is 7.73. The van der Waals surface area contributed by atoms with Gasteiger partial charge in [0.05, 0.1) is 26.0 Å². The van der Waals surface area contributed by atoms with Crippen LogP contribution in [0, 0.1) is 0 Å². The minimum Gasteiger partial charge on any atom is -0.469 e. The van der Waals surface area contributed by atoms with Crippen molar-refractivity contribution in [1.82, 2.24) is 15.5 Å². The van der Waals surface area contributed by atoms with Crippen LogP contribution in [0.25, 0.3) is 0 Å². The number of aliphatic imine (C=N–C) groups is 1. The Morgan fingerprint density at radius 1 is 1.33 bits per heavy atom. The van der Waals surface area contributed by atoms with E-state index in [1.165, 1.54) is 0 Å². The van der Waals surface area contributed by atoms with E-state index in [0.29, 0.717) is 0 Å². The van der Waals surface area contributed by atoms with Gasteiger partial charge in [0.25, 0.3) is 0 Å². The second kappa shape index (κ2) is 9.41. The molecule has 0 aliphatic carbocycles. The van der Waals surface area contributed by atoms with Gasteiger partial charge in [-0.2, -0.15) is 0 Å². The minimum atomic E-state index is 0.802. The lowest BCUT2D eigenvalue weighted by Gasteiger charge is -2.25. The van der Waals surface area contributed by atoms with Gasteiger partial charge >= 0.3 is 0 Å². The molecule has 1 aliphatic heterocycles. The molecule has 0 amide bonds. The van der Waals surface area contributed by atoms with E-state index in [1.807, 2.05) is 12.1 Å². The largest absolute Gasteiger partial charge is 0.469 e. The summed E-state index contributed by atoms with van der Waals surface area (Å²) in [7, 11) is 0. The molecule has 0 atom stereocenters. The number of hydrogen-bond donors (Lipinski definition) is 2. The zero-order valence-electron chi connectivity index (χ0n) is 12.8. The van der Waals surface area contributed by atoms with Crippen molar-refractivity contribution in [1.29, 1.82) is 0 Å². The summed E-state index contributed by atoms with van der Waals surface area (Å²) in [6.45, 7) is 9.24. The maximum atomic E-state index is 5.34. The number of morpholine rings is 1. The average Bonchev–Trinajstić information content (AvgIpc) is 3.02. The summed E-state index contributed by atoms with van der Waals surface area (Å²) in [5.74, 6) is 1.86. The highest BCUT2D eigenvalue weighted by Gasteiger charge is 2.09. The molecule has 2 heterocycles. The zero-order chi connectivity index (χ0) is 14.8. The van der Waals surface area contributed by atoms with E-state index in [0.717, 1.165) is 70.6 Å². The molecule has 21 heavy (non-hydrogen) atoms. The smallest absolute Gasteiger partial charge is 0.191 e. The first-order valence-electron chi connectivity index (χ1n) is 7.73. The van der Waals surface area contributed by atoms with Gasteiger partial charge in [0, 0.05) is 39.1 Å². The molecule has 1 saturated heterocycles. The molecule has 1 fully saturated rings. The van der Waals surface area contributed by atoms with Crippen LogP contribution in [0.1, 0.15) is 12.7 Å². The van der Waals surface area contributed by atoms with Gasteiger partial charge in [0.1, 0.15) is 5.76 Å². The van der Waals surface area contributed by atoms with E-state index in [9.17, 15) is 0 Å². The number of ether oxygens (including phenoxy) is 1. The van der Waals surface area contributed by atoms with Crippen molar-refractivity contribution in [2.45, 2.75) is 13.3 Å². The number of furan rings is 1. The Morgan fingerprint density at radius 3 is 2.90 bits per heavy atom. The first-order chi connectivity index (χ1) is 10.4. The van der Waals surface area contributed by atoms with Crippen LogP contribution in [0.4, 0.5) is 0 Å². The van der Waals surface area contributed by atoms with Gasteiger partial charge in [-0.15, -0.1) is 0 Å². The van der Waals surface area contributed by atoms with E-state index in [2.05, 4.69) is 27.4 Å². The van der Waals surface area contributed by atoms with E-state index < -0.39 is 0 Å². The van der Waals surface area contributed by atoms with Crippen molar-refractivity contribution in [3.63, 3.8) is 0 Å². The Morgan fingerprint density at radius 2 is 2.19 bits per heavy atom. The fraction of sp³-hybridized carbons (Fsp3) is 0.667. The summed E-state index contributed by atoms with van der Waals surface area (Å²) in [6, 6.07) is 3.90. The second-order valence-electron chi connectivity index (χ2n) is 4.97. The summed E-state index contributed by atoms with van der Waals surface area (Å²) >= 11 is 0. The van der Waals surface area contributed by atoms with Gasteiger partial charge in [-0.1, -0.05) is 0 Å². The molecule has 6 heteroatoms. The van der Waals surface area contributed by atoms with E-state index in [4.69, 9.17) is 9.15 Å². The summed E-state index contributed by atoms with van der Waals surface area (Å²) < 4.78 is 10.7. The number of hydrogen-bond acceptors (Lipinski definition) is 4. The molecule has 1 aromatic heterocycles. The van der Waals surface area contributed by atoms with Crippen molar-refractivity contribution in [2.75, 3.05) is 52.5 Å². The molecule has 1 aromatic rings. The van der Waals surface area contributed by atoms with Crippen molar-refractivity contribution < 1.29 is 9.15 Å². The lowest BCUT2D eigenvalue weighted by atomic mass is 10.3. The molecule has 6 nitrogen and oxygen atoms in total. The number of rotatable bonds is 7. The highest BCUT2D eigenvalue weighted by molar-refractivity contribution is 5.79. The van der Waals surface area contributed by atoms with Crippen LogP contribution >= 0.6 is 0 Å². The van der Waals surface area contributed by atoms with E-state index in [-0.39, 0.29) is 0 Å². The topological polar surface area (TPSA) is 62.0 Å². The maximum Gasteiger partial charge on any atom is 0.191 e. The lowest BCUT2D eigenvalue weighted by molar-refractivity contribution is 0.0394. The molecule has 2 rings (SSSR count). The highest BCUT2D eigenvalue weighted by Crippen LogP contribution is 1.99. The molecule has 1 aliphatic rings. The van der Waals surface area contributed by atoms with E-state index in [1.54, 1.807) is 6.26 Å². The van der Waals surface area contributed by atoms with Gasteiger partial charge in [0.15, 0.2) is 5.96 Å². The monoisotopic (exact) mass is 294 g/mol. The molecule has 0 saturated carbocycles. The number of nitrogens with one attached hydrogen (secondary N) is 2. The summed E-state index contributed by atoms with van der Waals surface area (Å²) in [6.07, 6.45) is 2.57. The third-order valence-corrected chi connectivity index (χ3v) is 3.38. The fourth-order valence-corrected chi connectivity index (χ4v) is 2.23. The Bertz CT molecular complexity index is 400. The Balaban J connectivity index is 1.67. The van der Waals surface area contributed by atoms with Crippen LogP contribution < -0.4 is 10.6 Å². The van der Waals surface area contributed by atoms with Crippen molar-refractivity contribution >= 4 is 5.96 Å². The molecule has 2 N–H and O–H groups in total. The quantitative estimate of drug-likeness (QED) is 0.573. The molecular formula is C15H26N4O2. The zero-order valence-corrected chi connectivity index (χ0v) is 12.8. The van der Waals surface area contributed by atoms with Crippen LogP contribution in [-0.2, 0) is 11.2 Å². The lowest BCUT2D eigenvalue weighted by Crippen LogP contribution is -2.40. The number of nitrogens with zero attached hydrogens (tertiary/aromatic N) is 2. The van der Waals surface area contributed by atoms with Gasteiger partial charge in [0.2, 0.25) is 0 Å². The predicted octanol–water partition coefficient (Wildman–Crippen LogP) is 0.709. The highest BCUT2D eigenvalue weighted by atomic mass is 16.5.